The lowest BCUT2D eigenvalue weighted by molar-refractivity contribution is -0.428. The maximum atomic E-state index is 11.2. The molecule has 0 saturated heterocycles. The van der Waals surface area contributed by atoms with Gasteiger partial charge in [0, 0.05) is 13.5 Å². The molecule has 0 aromatic carbocycles. The summed E-state index contributed by atoms with van der Waals surface area (Å²) < 4.78 is 10.0. The van der Waals surface area contributed by atoms with Gasteiger partial charge in [0.25, 0.3) is 0 Å². The van der Waals surface area contributed by atoms with Gasteiger partial charge in [-0.25, -0.2) is 4.89 Å². The molecule has 0 amide bonds. The zero-order valence-electron chi connectivity index (χ0n) is 14.3. The smallest absolute Gasteiger partial charge is 0.308 e. The molecule has 130 valence electrons. The molecule has 0 bridgehead atoms. The van der Waals surface area contributed by atoms with E-state index in [2.05, 4.69) is 36.0 Å². The fraction of sp³-hybridized carbons (Fsp3) is 0.611. The van der Waals surface area contributed by atoms with Crippen molar-refractivity contribution in [1.82, 2.24) is 0 Å². The molecule has 5 nitrogen and oxygen atoms in total. The number of hydrogen-bond donors (Lipinski definition) is 0. The van der Waals surface area contributed by atoms with Crippen molar-refractivity contribution < 1.29 is 24.0 Å². The second-order valence-electron chi connectivity index (χ2n) is 5.41. The molecule has 23 heavy (non-hydrogen) atoms. The fourth-order valence-corrected chi connectivity index (χ4v) is 2.12. The van der Waals surface area contributed by atoms with Gasteiger partial charge in [0.2, 0.25) is 5.79 Å². The van der Waals surface area contributed by atoms with Crippen molar-refractivity contribution in [2.75, 3.05) is 14.2 Å². The first-order valence-corrected chi connectivity index (χ1v) is 8.13. The van der Waals surface area contributed by atoms with Crippen molar-refractivity contribution in [2.24, 2.45) is 0 Å². The number of esters is 1. The van der Waals surface area contributed by atoms with E-state index in [9.17, 15) is 4.79 Å². The van der Waals surface area contributed by atoms with Crippen LogP contribution >= 0.6 is 0 Å². The summed E-state index contributed by atoms with van der Waals surface area (Å²) in [6.45, 7) is 2.16. The number of hydrogen-bond acceptors (Lipinski definition) is 5. The average molecular weight is 324 g/mol. The number of allylic oxidation sites excluding steroid dienone is 4. The van der Waals surface area contributed by atoms with Crippen LogP contribution in [0.5, 0.6) is 0 Å². The molecular weight excluding hydrogens is 296 g/mol. The van der Waals surface area contributed by atoms with Gasteiger partial charge in [-0.1, -0.05) is 43.7 Å². The van der Waals surface area contributed by atoms with Crippen LogP contribution in [0.25, 0.3) is 0 Å². The highest BCUT2D eigenvalue weighted by Gasteiger charge is 2.34. The first kappa shape index (κ1) is 19.6. The number of methoxy groups -OCH3 is 2. The molecule has 0 aliphatic carbocycles. The third-order valence-corrected chi connectivity index (χ3v) is 3.55. The van der Waals surface area contributed by atoms with Crippen molar-refractivity contribution in [2.45, 2.75) is 57.3 Å². The molecule has 0 spiro atoms. The normalized spacial score (nSPS) is 24.6. The second kappa shape index (κ2) is 11.2. The summed E-state index contributed by atoms with van der Waals surface area (Å²) in [6.07, 6.45) is 16.5. The van der Waals surface area contributed by atoms with E-state index in [0.717, 1.165) is 19.3 Å². The molecule has 5 heteroatoms. The lowest BCUT2D eigenvalue weighted by atomic mass is 10.1. The first-order valence-electron chi connectivity index (χ1n) is 8.13. The molecule has 1 aliphatic rings. The van der Waals surface area contributed by atoms with Crippen LogP contribution in [0.2, 0.25) is 0 Å². The topological polar surface area (TPSA) is 54.0 Å². The van der Waals surface area contributed by atoms with Crippen LogP contribution in [-0.2, 0) is 24.0 Å². The molecule has 0 fully saturated rings. The summed E-state index contributed by atoms with van der Waals surface area (Å²) in [5.41, 5.74) is 0. The van der Waals surface area contributed by atoms with Gasteiger partial charge in [-0.3, -0.25) is 4.79 Å². The zero-order chi connectivity index (χ0) is 17.0. The van der Waals surface area contributed by atoms with Crippen LogP contribution < -0.4 is 0 Å². The summed E-state index contributed by atoms with van der Waals surface area (Å²) >= 11 is 0. The SMILES string of the molecule is CCC/C=C/C=C/CCC[C@@]1(OC)C=C[C@H](CC(=O)OC)OO1. The molecule has 0 aromatic rings. The van der Waals surface area contributed by atoms with Crippen molar-refractivity contribution in [3.8, 4) is 0 Å². The van der Waals surface area contributed by atoms with Gasteiger partial charge in [-0.2, -0.15) is 4.89 Å². The zero-order valence-corrected chi connectivity index (χ0v) is 14.3. The van der Waals surface area contributed by atoms with Crippen molar-refractivity contribution in [3.05, 3.63) is 36.5 Å². The van der Waals surface area contributed by atoms with Gasteiger partial charge >= 0.3 is 5.97 Å². The van der Waals surface area contributed by atoms with E-state index < -0.39 is 11.9 Å². The van der Waals surface area contributed by atoms with E-state index in [-0.39, 0.29) is 12.4 Å². The van der Waals surface area contributed by atoms with E-state index in [1.807, 2.05) is 6.08 Å². The molecular formula is C18H28O5. The Morgan fingerprint density at radius 1 is 1.26 bits per heavy atom. The molecule has 0 N–H and O–H groups in total. The van der Waals surface area contributed by atoms with Gasteiger partial charge in [0.15, 0.2) is 0 Å². The summed E-state index contributed by atoms with van der Waals surface area (Å²) in [5, 5.41) is 0. The van der Waals surface area contributed by atoms with Crippen LogP contribution in [0.1, 0.15) is 45.4 Å². The Kier molecular flexibility index (Phi) is 9.52. The van der Waals surface area contributed by atoms with E-state index in [1.54, 1.807) is 13.2 Å². The summed E-state index contributed by atoms with van der Waals surface area (Å²) in [6, 6.07) is 0. The van der Waals surface area contributed by atoms with Crippen LogP contribution in [0.4, 0.5) is 0 Å². The van der Waals surface area contributed by atoms with Crippen LogP contribution in [-0.4, -0.2) is 32.1 Å². The third kappa shape index (κ3) is 7.59. The monoisotopic (exact) mass is 324 g/mol. The van der Waals surface area contributed by atoms with E-state index >= 15 is 0 Å². The van der Waals surface area contributed by atoms with Crippen LogP contribution in [0, 0.1) is 0 Å². The van der Waals surface area contributed by atoms with Crippen LogP contribution in [0.3, 0.4) is 0 Å². The van der Waals surface area contributed by atoms with E-state index in [0.29, 0.717) is 6.42 Å². The Balaban J connectivity index is 2.36. The Morgan fingerprint density at radius 3 is 2.57 bits per heavy atom. The number of unbranched alkanes of at least 4 members (excludes halogenated alkanes) is 2. The quantitative estimate of drug-likeness (QED) is 0.201. The Morgan fingerprint density at radius 2 is 2.00 bits per heavy atom. The predicted molar refractivity (Wildman–Crippen MR) is 88.5 cm³/mol. The average Bonchev–Trinajstić information content (AvgIpc) is 2.58. The lowest BCUT2D eigenvalue weighted by Gasteiger charge is -2.32. The minimum absolute atomic E-state index is 0.125. The molecule has 0 aromatic heterocycles. The third-order valence-electron chi connectivity index (χ3n) is 3.55. The van der Waals surface area contributed by atoms with Crippen molar-refractivity contribution >= 4 is 5.97 Å². The maximum absolute atomic E-state index is 11.2. The Bertz CT molecular complexity index is 427. The fourth-order valence-electron chi connectivity index (χ4n) is 2.12. The van der Waals surface area contributed by atoms with Gasteiger partial charge in [-0.15, -0.1) is 0 Å². The second-order valence-corrected chi connectivity index (χ2v) is 5.41. The molecule has 1 aliphatic heterocycles. The lowest BCUT2D eigenvalue weighted by Crippen LogP contribution is -2.38. The molecule has 1 heterocycles. The van der Waals surface area contributed by atoms with Gasteiger partial charge in [0.1, 0.15) is 6.10 Å². The number of rotatable bonds is 10. The highest BCUT2D eigenvalue weighted by molar-refractivity contribution is 5.70. The highest BCUT2D eigenvalue weighted by Crippen LogP contribution is 2.28. The Hall–Kier alpha value is -1.43. The number of carbonyl (C=O) groups is 1. The molecule has 1 rings (SSSR count). The van der Waals surface area contributed by atoms with Gasteiger partial charge < -0.3 is 9.47 Å². The van der Waals surface area contributed by atoms with Crippen molar-refractivity contribution in [1.29, 1.82) is 0 Å². The highest BCUT2D eigenvalue weighted by atomic mass is 17.2. The summed E-state index contributed by atoms with van der Waals surface area (Å²) in [7, 11) is 2.93. The number of carbonyl (C=O) groups excluding carboxylic acids is 1. The molecule has 0 saturated carbocycles. The van der Waals surface area contributed by atoms with Crippen molar-refractivity contribution in [3.63, 3.8) is 0 Å². The summed E-state index contributed by atoms with van der Waals surface area (Å²) in [5.74, 6) is -1.21. The van der Waals surface area contributed by atoms with Gasteiger partial charge in [0.05, 0.1) is 13.5 Å². The standard InChI is InChI=1S/C18H28O5/c1-4-5-6-7-8-9-10-11-13-18(21-3)14-12-16(22-23-18)15-17(19)20-2/h6-9,12,14,16H,4-5,10-11,13,15H2,1-3H3/b7-6+,9-8+/t16-,18+/m1/s1. The molecule has 0 unspecified atom stereocenters. The molecule has 2 atom stereocenters. The molecule has 0 radical (unpaired) electrons. The first-order chi connectivity index (χ1) is 11.2. The minimum atomic E-state index is -0.876. The Labute approximate surface area is 138 Å². The minimum Gasteiger partial charge on any atom is -0.469 e. The largest absolute Gasteiger partial charge is 0.469 e. The van der Waals surface area contributed by atoms with Crippen LogP contribution in [0.15, 0.2) is 36.5 Å². The van der Waals surface area contributed by atoms with E-state index in [1.165, 1.54) is 13.5 Å². The summed E-state index contributed by atoms with van der Waals surface area (Å²) in [4.78, 5) is 21.8. The predicted octanol–water partition coefficient (Wildman–Crippen LogP) is 3.86. The van der Waals surface area contributed by atoms with E-state index in [4.69, 9.17) is 14.5 Å². The number of ether oxygens (including phenoxy) is 2. The maximum Gasteiger partial charge on any atom is 0.308 e. The van der Waals surface area contributed by atoms with Gasteiger partial charge in [-0.05, 0) is 25.3 Å².